The summed E-state index contributed by atoms with van der Waals surface area (Å²) >= 11 is 0. The third-order valence-corrected chi connectivity index (χ3v) is 3.44. The first kappa shape index (κ1) is 12.9. The summed E-state index contributed by atoms with van der Waals surface area (Å²) in [7, 11) is 3.14. The smallest absolute Gasteiger partial charge is 0.337 e. The van der Waals surface area contributed by atoms with Gasteiger partial charge in [0.1, 0.15) is 0 Å². The van der Waals surface area contributed by atoms with Crippen molar-refractivity contribution in [3.63, 3.8) is 0 Å². The molecule has 0 aliphatic heterocycles. The van der Waals surface area contributed by atoms with Gasteiger partial charge in [0.15, 0.2) is 0 Å². The predicted molar refractivity (Wildman–Crippen MR) is 70.0 cm³/mol. The maximum absolute atomic E-state index is 11.4. The second kappa shape index (κ2) is 5.40. The zero-order valence-corrected chi connectivity index (χ0v) is 11.0. The summed E-state index contributed by atoms with van der Waals surface area (Å²) in [5, 5.41) is 3.46. The monoisotopic (exact) mass is 249 g/mol. The second-order valence-corrected chi connectivity index (χ2v) is 4.69. The molecular formula is C14H19NO3. The third kappa shape index (κ3) is 2.64. The fourth-order valence-electron chi connectivity index (χ4n) is 2.17. The number of esters is 1. The summed E-state index contributed by atoms with van der Waals surface area (Å²) in [6.45, 7) is 1.99. The molecule has 1 fully saturated rings. The van der Waals surface area contributed by atoms with E-state index in [1.165, 1.54) is 7.11 Å². The van der Waals surface area contributed by atoms with E-state index < -0.39 is 0 Å². The van der Waals surface area contributed by atoms with Crippen LogP contribution in [0.1, 0.15) is 28.8 Å². The Bertz CT molecular complexity index is 439. The van der Waals surface area contributed by atoms with E-state index in [0.29, 0.717) is 17.7 Å². The van der Waals surface area contributed by atoms with Crippen molar-refractivity contribution < 1.29 is 14.3 Å². The van der Waals surface area contributed by atoms with E-state index in [1.807, 2.05) is 19.1 Å². The van der Waals surface area contributed by atoms with Gasteiger partial charge in [-0.25, -0.2) is 4.79 Å². The van der Waals surface area contributed by atoms with Crippen LogP contribution in [0.4, 0.5) is 5.69 Å². The number of ether oxygens (including phenoxy) is 2. The Morgan fingerprint density at radius 2 is 2.06 bits per heavy atom. The molecule has 98 valence electrons. The molecule has 0 saturated heterocycles. The van der Waals surface area contributed by atoms with Gasteiger partial charge in [-0.2, -0.15) is 0 Å². The lowest BCUT2D eigenvalue weighted by Gasteiger charge is -2.35. The lowest BCUT2D eigenvalue weighted by Crippen LogP contribution is -2.40. The third-order valence-electron chi connectivity index (χ3n) is 3.44. The number of aryl methyl sites for hydroxylation is 1. The van der Waals surface area contributed by atoms with Crippen LogP contribution >= 0.6 is 0 Å². The van der Waals surface area contributed by atoms with E-state index in [2.05, 4.69) is 5.32 Å². The zero-order valence-electron chi connectivity index (χ0n) is 11.0. The number of carbonyl (C=O) groups is 1. The predicted octanol–water partition coefficient (Wildman–Crippen LogP) is 2.37. The number of carbonyl (C=O) groups excluding carboxylic acids is 1. The Morgan fingerprint density at radius 3 is 2.61 bits per heavy atom. The summed E-state index contributed by atoms with van der Waals surface area (Å²) in [6, 6.07) is 6.04. The molecule has 0 unspecified atom stereocenters. The van der Waals surface area contributed by atoms with Gasteiger partial charge in [0.25, 0.3) is 0 Å². The molecule has 0 spiro atoms. The minimum atomic E-state index is -0.298. The van der Waals surface area contributed by atoms with Crippen LogP contribution in [0, 0.1) is 6.92 Å². The molecule has 4 heteroatoms. The molecule has 0 amide bonds. The SMILES string of the molecule is COC(=O)c1ccc(NC2CC(OC)C2)c(C)c1. The molecule has 1 N–H and O–H groups in total. The van der Waals surface area contributed by atoms with Crippen molar-refractivity contribution in [3.05, 3.63) is 29.3 Å². The zero-order chi connectivity index (χ0) is 13.1. The van der Waals surface area contributed by atoms with E-state index in [0.717, 1.165) is 24.1 Å². The summed E-state index contributed by atoms with van der Waals surface area (Å²) < 4.78 is 9.95. The fraction of sp³-hybridized carbons (Fsp3) is 0.500. The molecule has 1 saturated carbocycles. The van der Waals surface area contributed by atoms with E-state index in [-0.39, 0.29) is 5.97 Å². The van der Waals surface area contributed by atoms with Gasteiger partial charge < -0.3 is 14.8 Å². The molecule has 1 aromatic rings. The number of hydrogen-bond acceptors (Lipinski definition) is 4. The first-order valence-corrected chi connectivity index (χ1v) is 6.12. The summed E-state index contributed by atoms with van der Waals surface area (Å²) in [5.74, 6) is -0.298. The molecule has 1 aromatic carbocycles. The lowest BCUT2D eigenvalue weighted by atomic mass is 9.89. The van der Waals surface area contributed by atoms with E-state index in [9.17, 15) is 4.79 Å². The van der Waals surface area contributed by atoms with Gasteiger partial charge in [-0.1, -0.05) is 0 Å². The highest BCUT2D eigenvalue weighted by molar-refractivity contribution is 5.90. The molecule has 0 bridgehead atoms. The summed E-state index contributed by atoms with van der Waals surface area (Å²) in [4.78, 5) is 11.4. The van der Waals surface area contributed by atoms with Crippen LogP contribution in [0.15, 0.2) is 18.2 Å². The largest absolute Gasteiger partial charge is 0.465 e. The highest BCUT2D eigenvalue weighted by atomic mass is 16.5. The molecule has 0 atom stereocenters. The maximum Gasteiger partial charge on any atom is 0.337 e. The van der Waals surface area contributed by atoms with E-state index in [1.54, 1.807) is 13.2 Å². The van der Waals surface area contributed by atoms with Gasteiger partial charge >= 0.3 is 5.97 Å². The molecule has 0 radical (unpaired) electrons. The Morgan fingerprint density at radius 1 is 1.33 bits per heavy atom. The number of rotatable bonds is 4. The van der Waals surface area contributed by atoms with Crippen molar-refractivity contribution in [3.8, 4) is 0 Å². The van der Waals surface area contributed by atoms with Gasteiger partial charge in [0.2, 0.25) is 0 Å². The van der Waals surface area contributed by atoms with E-state index >= 15 is 0 Å². The average molecular weight is 249 g/mol. The van der Waals surface area contributed by atoms with Crippen molar-refractivity contribution in [2.24, 2.45) is 0 Å². The van der Waals surface area contributed by atoms with Crippen LogP contribution < -0.4 is 5.32 Å². The van der Waals surface area contributed by atoms with Crippen LogP contribution in [0.2, 0.25) is 0 Å². The highest BCUT2D eigenvalue weighted by Gasteiger charge is 2.28. The Balaban J connectivity index is 2.00. The van der Waals surface area contributed by atoms with Crippen molar-refractivity contribution in [1.82, 2.24) is 0 Å². The number of hydrogen-bond donors (Lipinski definition) is 1. The second-order valence-electron chi connectivity index (χ2n) is 4.69. The number of anilines is 1. The van der Waals surface area contributed by atoms with Gasteiger partial charge in [-0.15, -0.1) is 0 Å². The Labute approximate surface area is 107 Å². The van der Waals surface area contributed by atoms with Gasteiger partial charge in [-0.05, 0) is 43.5 Å². The molecule has 18 heavy (non-hydrogen) atoms. The standard InChI is InChI=1S/C14H19NO3/c1-9-6-10(14(16)18-3)4-5-13(9)15-11-7-12(8-11)17-2/h4-6,11-12,15H,7-8H2,1-3H3. The minimum Gasteiger partial charge on any atom is -0.465 e. The summed E-state index contributed by atoms with van der Waals surface area (Å²) in [5.41, 5.74) is 2.71. The Hall–Kier alpha value is -1.55. The molecular weight excluding hydrogens is 230 g/mol. The molecule has 2 rings (SSSR count). The van der Waals surface area contributed by atoms with Crippen LogP contribution in [0.25, 0.3) is 0 Å². The van der Waals surface area contributed by atoms with Crippen molar-refractivity contribution in [2.75, 3.05) is 19.5 Å². The van der Waals surface area contributed by atoms with Crippen LogP contribution in [-0.2, 0) is 9.47 Å². The van der Waals surface area contributed by atoms with Crippen LogP contribution in [-0.4, -0.2) is 32.3 Å². The van der Waals surface area contributed by atoms with Gasteiger partial charge in [0, 0.05) is 18.8 Å². The first-order valence-electron chi connectivity index (χ1n) is 6.12. The first-order chi connectivity index (χ1) is 8.63. The molecule has 1 aliphatic carbocycles. The van der Waals surface area contributed by atoms with Crippen molar-refractivity contribution in [1.29, 1.82) is 0 Å². The average Bonchev–Trinajstić information content (AvgIpc) is 2.33. The van der Waals surface area contributed by atoms with Gasteiger partial charge in [-0.3, -0.25) is 0 Å². The normalized spacial score (nSPS) is 22.2. The summed E-state index contributed by atoms with van der Waals surface area (Å²) in [6.07, 6.45) is 2.46. The number of benzene rings is 1. The minimum absolute atomic E-state index is 0.298. The molecule has 1 aliphatic rings. The lowest BCUT2D eigenvalue weighted by molar-refractivity contribution is 0.0328. The Kier molecular flexibility index (Phi) is 3.87. The van der Waals surface area contributed by atoms with Crippen molar-refractivity contribution in [2.45, 2.75) is 31.9 Å². The maximum atomic E-state index is 11.4. The molecule has 0 aromatic heterocycles. The highest BCUT2D eigenvalue weighted by Crippen LogP contribution is 2.28. The topological polar surface area (TPSA) is 47.6 Å². The van der Waals surface area contributed by atoms with E-state index in [4.69, 9.17) is 9.47 Å². The number of nitrogens with one attached hydrogen (secondary N) is 1. The van der Waals surface area contributed by atoms with Gasteiger partial charge in [0.05, 0.1) is 18.8 Å². The molecule has 4 nitrogen and oxygen atoms in total. The quantitative estimate of drug-likeness (QED) is 0.832. The molecule has 0 heterocycles. The van der Waals surface area contributed by atoms with Crippen LogP contribution in [0.5, 0.6) is 0 Å². The van der Waals surface area contributed by atoms with Crippen LogP contribution in [0.3, 0.4) is 0 Å². The fourth-order valence-corrected chi connectivity index (χ4v) is 2.17. The number of methoxy groups -OCH3 is 2. The van der Waals surface area contributed by atoms with Crippen molar-refractivity contribution >= 4 is 11.7 Å².